The van der Waals surface area contributed by atoms with Crippen molar-refractivity contribution >= 4 is 46.7 Å². The Hall–Kier alpha value is -2.47. The summed E-state index contributed by atoms with van der Waals surface area (Å²) >= 11 is 3.03. The van der Waals surface area contributed by atoms with E-state index in [1.54, 1.807) is 15.7 Å². The summed E-state index contributed by atoms with van der Waals surface area (Å²) in [6.07, 6.45) is 3.91. The van der Waals surface area contributed by atoms with Crippen LogP contribution in [-0.2, 0) is 4.79 Å². The number of nitrogens with one attached hydrogen (secondary N) is 2. The van der Waals surface area contributed by atoms with Gasteiger partial charge in [-0.1, -0.05) is 11.8 Å². The largest absolute Gasteiger partial charge is 0.355 e. The van der Waals surface area contributed by atoms with Gasteiger partial charge in [0.2, 0.25) is 17.8 Å². The maximum absolute atomic E-state index is 12.9. The Morgan fingerprint density at radius 1 is 1.27 bits per heavy atom. The Morgan fingerprint density at radius 2 is 2.13 bits per heavy atom. The first kappa shape index (κ1) is 20.8. The Balaban J connectivity index is 1.46. The summed E-state index contributed by atoms with van der Waals surface area (Å²) in [5.74, 6) is 2.30. The zero-order valence-corrected chi connectivity index (χ0v) is 18.7. The minimum Gasteiger partial charge on any atom is -0.355 e. The topological polar surface area (TPSA) is 113 Å². The van der Waals surface area contributed by atoms with Gasteiger partial charge in [0.25, 0.3) is 5.78 Å². The Labute approximate surface area is 182 Å². The predicted octanol–water partition coefficient (Wildman–Crippen LogP) is 2.34. The lowest BCUT2D eigenvalue weighted by molar-refractivity contribution is -0.129. The van der Waals surface area contributed by atoms with Crippen LogP contribution in [0.4, 0.5) is 11.9 Å². The first-order valence-electron chi connectivity index (χ1n) is 10.1. The highest BCUT2D eigenvalue weighted by Crippen LogP contribution is 2.29. The molecule has 160 valence electrons. The lowest BCUT2D eigenvalue weighted by Crippen LogP contribution is -2.40. The number of amides is 1. The number of carbonyl (C=O) groups is 1. The van der Waals surface area contributed by atoms with E-state index in [2.05, 4.69) is 35.8 Å². The van der Waals surface area contributed by atoms with E-state index in [-0.39, 0.29) is 5.91 Å². The van der Waals surface area contributed by atoms with Crippen LogP contribution >= 0.6 is 23.1 Å². The lowest BCUT2D eigenvalue weighted by atomic mass is 9.99. The summed E-state index contributed by atoms with van der Waals surface area (Å²) in [5.41, 5.74) is 0. The first-order chi connectivity index (χ1) is 14.7. The lowest BCUT2D eigenvalue weighted by Gasteiger charge is -2.31. The average molecular weight is 448 g/mol. The summed E-state index contributed by atoms with van der Waals surface area (Å²) in [5, 5.41) is 18.5. The summed E-state index contributed by atoms with van der Waals surface area (Å²) in [6.45, 7) is 6.91. The number of carbonyl (C=O) groups excluding carboxylic acids is 1. The van der Waals surface area contributed by atoms with Crippen LogP contribution in [0, 0.1) is 0 Å². The molecule has 0 aliphatic carbocycles. The van der Waals surface area contributed by atoms with E-state index in [0.29, 0.717) is 47.6 Å². The summed E-state index contributed by atoms with van der Waals surface area (Å²) in [7, 11) is 0. The maximum Gasteiger partial charge on any atom is 0.261 e. The molecule has 1 unspecified atom stereocenters. The third-order valence-electron chi connectivity index (χ3n) is 4.82. The van der Waals surface area contributed by atoms with E-state index in [1.807, 2.05) is 30.3 Å². The predicted molar refractivity (Wildman–Crippen MR) is 118 cm³/mol. The molecule has 1 amide bonds. The molecular weight excluding hydrogens is 422 g/mol. The van der Waals surface area contributed by atoms with E-state index in [9.17, 15) is 4.79 Å². The molecule has 1 fully saturated rings. The number of fused-ring (bicyclic) bond motifs is 1. The highest BCUT2D eigenvalue weighted by molar-refractivity contribution is 7.99. The van der Waals surface area contributed by atoms with Crippen molar-refractivity contribution in [1.82, 2.24) is 34.4 Å². The number of hydrogen-bond acceptors (Lipinski definition) is 10. The monoisotopic (exact) mass is 447 g/mol. The Kier molecular flexibility index (Phi) is 6.62. The van der Waals surface area contributed by atoms with Gasteiger partial charge >= 0.3 is 0 Å². The number of piperidine rings is 1. The van der Waals surface area contributed by atoms with Gasteiger partial charge in [0.05, 0.1) is 10.8 Å². The van der Waals surface area contributed by atoms with E-state index in [4.69, 9.17) is 0 Å². The molecule has 1 aliphatic rings. The quantitative estimate of drug-likeness (QED) is 0.502. The average Bonchev–Trinajstić information content (AvgIpc) is 3.43. The minimum atomic E-state index is 0.105. The van der Waals surface area contributed by atoms with E-state index in [0.717, 1.165) is 30.9 Å². The Bertz CT molecular complexity index is 991. The van der Waals surface area contributed by atoms with Gasteiger partial charge in [-0.15, -0.1) is 21.5 Å². The van der Waals surface area contributed by atoms with Crippen molar-refractivity contribution in [3.05, 3.63) is 16.6 Å². The van der Waals surface area contributed by atoms with Crippen molar-refractivity contribution in [3.8, 4) is 0 Å². The van der Waals surface area contributed by atoms with Gasteiger partial charge in [0.1, 0.15) is 0 Å². The fourth-order valence-corrected chi connectivity index (χ4v) is 5.06. The number of aromatic nitrogens is 6. The molecule has 2 N–H and O–H groups in total. The van der Waals surface area contributed by atoms with Gasteiger partial charge in [0, 0.05) is 43.7 Å². The summed E-state index contributed by atoms with van der Waals surface area (Å²) < 4.78 is 1.76. The molecule has 0 saturated carbocycles. The van der Waals surface area contributed by atoms with Crippen LogP contribution in [0.1, 0.15) is 37.6 Å². The molecule has 10 nitrogen and oxygen atoms in total. The number of hydrogen-bond donors (Lipinski definition) is 2. The van der Waals surface area contributed by atoms with E-state index in [1.165, 1.54) is 11.8 Å². The van der Waals surface area contributed by atoms with Crippen LogP contribution in [0.15, 0.2) is 16.7 Å². The molecule has 1 aliphatic heterocycles. The van der Waals surface area contributed by atoms with Crippen molar-refractivity contribution in [2.75, 3.05) is 42.6 Å². The van der Waals surface area contributed by atoms with Crippen LogP contribution in [0.3, 0.4) is 0 Å². The van der Waals surface area contributed by atoms with Crippen LogP contribution in [0.25, 0.3) is 5.78 Å². The Morgan fingerprint density at radius 3 is 2.90 bits per heavy atom. The van der Waals surface area contributed by atoms with Crippen molar-refractivity contribution in [1.29, 1.82) is 0 Å². The van der Waals surface area contributed by atoms with Gasteiger partial charge in [-0.25, -0.2) is 9.38 Å². The zero-order chi connectivity index (χ0) is 20.9. The van der Waals surface area contributed by atoms with Gasteiger partial charge in [-0.2, -0.15) is 9.97 Å². The van der Waals surface area contributed by atoms with Crippen LogP contribution in [-0.4, -0.2) is 72.3 Å². The van der Waals surface area contributed by atoms with Crippen molar-refractivity contribution < 1.29 is 4.79 Å². The van der Waals surface area contributed by atoms with Gasteiger partial charge in [-0.3, -0.25) is 4.79 Å². The van der Waals surface area contributed by atoms with Gasteiger partial charge in [0.15, 0.2) is 5.16 Å². The molecule has 4 heterocycles. The maximum atomic E-state index is 12.9. The van der Waals surface area contributed by atoms with Crippen LogP contribution < -0.4 is 10.6 Å². The highest BCUT2D eigenvalue weighted by Gasteiger charge is 2.26. The smallest absolute Gasteiger partial charge is 0.261 e. The van der Waals surface area contributed by atoms with Gasteiger partial charge < -0.3 is 15.5 Å². The number of likely N-dealkylation sites (tertiary alicyclic amines) is 1. The number of nitrogens with zero attached hydrogens (tertiary/aromatic N) is 7. The number of rotatable bonds is 8. The second-order valence-corrected chi connectivity index (χ2v) is 8.76. The first-order valence-corrected chi connectivity index (χ1v) is 12.0. The highest BCUT2D eigenvalue weighted by atomic mass is 32.2. The van der Waals surface area contributed by atoms with E-state index < -0.39 is 0 Å². The van der Waals surface area contributed by atoms with Crippen molar-refractivity contribution in [3.63, 3.8) is 0 Å². The van der Waals surface area contributed by atoms with E-state index >= 15 is 0 Å². The SMILES string of the molecule is CCNc1nc(NCC)n2c(SCC(=O)N3CCCC(c4nccs4)C3)nnc2n1. The minimum absolute atomic E-state index is 0.105. The van der Waals surface area contributed by atoms with Crippen molar-refractivity contribution in [2.24, 2.45) is 0 Å². The zero-order valence-electron chi connectivity index (χ0n) is 17.0. The van der Waals surface area contributed by atoms with Crippen molar-refractivity contribution in [2.45, 2.75) is 37.8 Å². The molecule has 30 heavy (non-hydrogen) atoms. The molecule has 1 atom stereocenters. The summed E-state index contributed by atoms with van der Waals surface area (Å²) in [6, 6.07) is 0. The third kappa shape index (κ3) is 4.48. The molecule has 4 rings (SSSR count). The third-order valence-corrected chi connectivity index (χ3v) is 6.67. The molecule has 0 radical (unpaired) electrons. The number of anilines is 2. The van der Waals surface area contributed by atoms with Crippen LogP contribution in [0.2, 0.25) is 0 Å². The van der Waals surface area contributed by atoms with Gasteiger partial charge in [-0.05, 0) is 26.7 Å². The molecule has 3 aromatic heterocycles. The molecule has 0 bridgehead atoms. The summed E-state index contributed by atoms with van der Waals surface area (Å²) in [4.78, 5) is 28.1. The number of thioether (sulfide) groups is 1. The molecular formula is C18H25N9OS2. The number of thiazole rings is 1. The fourth-order valence-electron chi connectivity index (χ4n) is 3.46. The standard InChI is InChI=1S/C18H25N9OS2/c1-3-19-15-22-16(20-4-2)27-17(23-15)24-25-18(27)30-11-13(28)26-8-5-6-12(10-26)14-21-7-9-29-14/h7,9,12H,3-6,8,10-11H2,1-2H3,(H2,19,20,22,23,24). The molecule has 12 heteroatoms. The normalized spacial score (nSPS) is 16.7. The fraction of sp³-hybridized carbons (Fsp3) is 0.556. The molecule has 0 spiro atoms. The second-order valence-electron chi connectivity index (χ2n) is 6.89. The van der Waals surface area contributed by atoms with Crippen LogP contribution in [0.5, 0.6) is 0 Å². The molecule has 0 aromatic carbocycles. The molecule has 1 saturated heterocycles. The molecule has 3 aromatic rings. The second kappa shape index (κ2) is 9.56.